The molecule has 1 N–H and O–H groups in total. The first-order chi connectivity index (χ1) is 12.7. The van der Waals surface area contributed by atoms with E-state index in [1.807, 2.05) is 18.2 Å². The van der Waals surface area contributed by atoms with Crippen molar-refractivity contribution in [1.82, 2.24) is 15.2 Å². The molecule has 0 saturated carbocycles. The monoisotopic (exact) mass is 391 g/mol. The lowest BCUT2D eigenvalue weighted by Gasteiger charge is -2.29. The van der Waals surface area contributed by atoms with E-state index < -0.39 is 0 Å². The minimum atomic E-state index is 0. The molecule has 6 nitrogen and oxygen atoms in total. The summed E-state index contributed by atoms with van der Waals surface area (Å²) in [4.78, 5) is 18.4. The van der Waals surface area contributed by atoms with Crippen LogP contribution in [0.25, 0.3) is 0 Å². The molecule has 0 aliphatic carbocycles. The fraction of sp³-hybridized carbons (Fsp3) is 0.400. The van der Waals surface area contributed by atoms with Crippen LogP contribution in [0.4, 0.5) is 0 Å². The Balaban J connectivity index is 0.00000261. The smallest absolute Gasteiger partial charge is 0.221 e. The maximum atomic E-state index is 12.1. The first-order valence-corrected chi connectivity index (χ1v) is 8.81. The lowest BCUT2D eigenvalue weighted by molar-refractivity contribution is -0.121. The third-order valence-electron chi connectivity index (χ3n) is 4.66. The van der Waals surface area contributed by atoms with Gasteiger partial charge < -0.3 is 14.8 Å². The van der Waals surface area contributed by atoms with E-state index in [-0.39, 0.29) is 18.3 Å². The Morgan fingerprint density at radius 2 is 1.96 bits per heavy atom. The molecule has 1 amide bonds. The van der Waals surface area contributed by atoms with Crippen LogP contribution in [0.2, 0.25) is 0 Å². The van der Waals surface area contributed by atoms with Crippen molar-refractivity contribution in [3.05, 3.63) is 53.3 Å². The molecule has 7 heteroatoms. The lowest BCUT2D eigenvalue weighted by Crippen LogP contribution is -2.34. The molecule has 2 aromatic rings. The number of fused-ring (bicyclic) bond motifs is 1. The number of nitrogens with zero attached hydrogens (tertiary/aromatic N) is 2. The molecule has 0 radical (unpaired) electrons. The molecule has 1 aromatic heterocycles. The molecule has 0 saturated heterocycles. The van der Waals surface area contributed by atoms with Crippen LogP contribution < -0.4 is 14.8 Å². The minimum Gasteiger partial charge on any atom is -0.493 e. The zero-order valence-electron chi connectivity index (χ0n) is 15.7. The zero-order chi connectivity index (χ0) is 18.4. The van der Waals surface area contributed by atoms with Gasteiger partial charge in [0.25, 0.3) is 0 Å². The summed E-state index contributed by atoms with van der Waals surface area (Å²) in [7, 11) is 3.31. The van der Waals surface area contributed by atoms with Gasteiger partial charge in [-0.1, -0.05) is 6.07 Å². The fourth-order valence-electron chi connectivity index (χ4n) is 3.18. The van der Waals surface area contributed by atoms with E-state index in [9.17, 15) is 4.79 Å². The van der Waals surface area contributed by atoms with Gasteiger partial charge in [-0.05, 0) is 41.3 Å². The van der Waals surface area contributed by atoms with E-state index in [1.165, 1.54) is 11.1 Å². The highest BCUT2D eigenvalue weighted by Gasteiger charge is 2.19. The number of halogens is 1. The second kappa shape index (κ2) is 10.1. The summed E-state index contributed by atoms with van der Waals surface area (Å²) in [6.45, 7) is 3.03. The molecule has 0 atom stereocenters. The number of benzene rings is 1. The van der Waals surface area contributed by atoms with Gasteiger partial charge in [0, 0.05) is 45.0 Å². The van der Waals surface area contributed by atoms with Crippen molar-refractivity contribution in [3.8, 4) is 11.5 Å². The number of carbonyl (C=O) groups excluding carboxylic acids is 1. The summed E-state index contributed by atoms with van der Waals surface area (Å²) in [5.74, 6) is 1.59. The molecule has 2 heterocycles. The van der Waals surface area contributed by atoms with Gasteiger partial charge in [-0.2, -0.15) is 0 Å². The number of methoxy groups -OCH3 is 2. The van der Waals surface area contributed by atoms with Crippen LogP contribution >= 0.6 is 12.4 Å². The van der Waals surface area contributed by atoms with Crippen LogP contribution in [0.3, 0.4) is 0 Å². The summed E-state index contributed by atoms with van der Waals surface area (Å²) in [6.07, 6.45) is 4.93. The lowest BCUT2D eigenvalue weighted by atomic mass is 9.98. The molecule has 0 fully saturated rings. The summed E-state index contributed by atoms with van der Waals surface area (Å²) in [5.41, 5.74) is 3.54. The molecule has 27 heavy (non-hydrogen) atoms. The summed E-state index contributed by atoms with van der Waals surface area (Å²) < 4.78 is 10.8. The largest absolute Gasteiger partial charge is 0.493 e. The normalized spacial score (nSPS) is 13.3. The number of carbonyl (C=O) groups is 1. The van der Waals surface area contributed by atoms with Gasteiger partial charge in [-0.3, -0.25) is 14.7 Å². The molecular weight excluding hydrogens is 366 g/mol. The Morgan fingerprint density at radius 1 is 1.22 bits per heavy atom. The van der Waals surface area contributed by atoms with Crippen LogP contribution in [0.1, 0.15) is 23.1 Å². The van der Waals surface area contributed by atoms with Gasteiger partial charge in [0.1, 0.15) is 0 Å². The summed E-state index contributed by atoms with van der Waals surface area (Å²) >= 11 is 0. The van der Waals surface area contributed by atoms with Crippen molar-refractivity contribution in [3.63, 3.8) is 0 Å². The number of amides is 1. The van der Waals surface area contributed by atoms with Gasteiger partial charge in [-0.15, -0.1) is 12.4 Å². The Hall–Kier alpha value is -2.31. The Morgan fingerprint density at radius 3 is 2.63 bits per heavy atom. The highest BCUT2D eigenvalue weighted by molar-refractivity contribution is 5.85. The summed E-state index contributed by atoms with van der Waals surface area (Å²) in [5, 5.41) is 2.95. The van der Waals surface area contributed by atoms with Crippen molar-refractivity contribution in [2.75, 3.05) is 27.3 Å². The SMILES string of the molecule is COc1cc2c(cc1OC)CN(CCC(=O)NCc1cccnc1)CC2.Cl. The number of ether oxygens (including phenoxy) is 2. The van der Waals surface area contributed by atoms with Crippen molar-refractivity contribution >= 4 is 18.3 Å². The third-order valence-corrected chi connectivity index (χ3v) is 4.66. The Bertz CT molecular complexity index is 756. The first-order valence-electron chi connectivity index (χ1n) is 8.81. The third kappa shape index (κ3) is 5.58. The Kier molecular flexibility index (Phi) is 7.88. The highest BCUT2D eigenvalue weighted by atomic mass is 35.5. The van der Waals surface area contributed by atoms with E-state index in [4.69, 9.17) is 9.47 Å². The van der Waals surface area contributed by atoms with Crippen LogP contribution in [-0.4, -0.2) is 43.1 Å². The number of aromatic nitrogens is 1. The number of hydrogen-bond acceptors (Lipinski definition) is 5. The molecule has 1 aliphatic heterocycles. The van der Waals surface area contributed by atoms with Crippen molar-refractivity contribution < 1.29 is 14.3 Å². The highest BCUT2D eigenvalue weighted by Crippen LogP contribution is 2.33. The number of rotatable bonds is 7. The number of hydrogen-bond donors (Lipinski definition) is 1. The van der Waals surface area contributed by atoms with Gasteiger partial charge >= 0.3 is 0 Å². The second-order valence-corrected chi connectivity index (χ2v) is 6.39. The van der Waals surface area contributed by atoms with Crippen LogP contribution in [0.15, 0.2) is 36.7 Å². The first kappa shape index (κ1) is 21.0. The molecule has 3 rings (SSSR count). The molecule has 1 aliphatic rings. The van der Waals surface area contributed by atoms with Crippen molar-refractivity contribution in [2.45, 2.75) is 25.9 Å². The summed E-state index contributed by atoms with van der Waals surface area (Å²) in [6, 6.07) is 7.93. The van der Waals surface area contributed by atoms with Crippen molar-refractivity contribution in [1.29, 1.82) is 0 Å². The molecule has 0 unspecified atom stereocenters. The molecular formula is C20H26ClN3O3. The fourth-order valence-corrected chi connectivity index (χ4v) is 3.18. The quantitative estimate of drug-likeness (QED) is 0.786. The van der Waals surface area contributed by atoms with E-state index in [0.29, 0.717) is 13.0 Å². The maximum Gasteiger partial charge on any atom is 0.221 e. The molecule has 0 bridgehead atoms. The zero-order valence-corrected chi connectivity index (χ0v) is 16.6. The molecule has 146 valence electrons. The second-order valence-electron chi connectivity index (χ2n) is 6.39. The predicted octanol–water partition coefficient (Wildman–Crippen LogP) is 2.59. The van der Waals surface area contributed by atoms with E-state index in [2.05, 4.69) is 21.3 Å². The topological polar surface area (TPSA) is 63.7 Å². The Labute approximate surface area is 166 Å². The number of nitrogens with one attached hydrogen (secondary N) is 1. The van der Waals surface area contributed by atoms with Crippen LogP contribution in [0.5, 0.6) is 11.5 Å². The van der Waals surface area contributed by atoms with E-state index >= 15 is 0 Å². The minimum absolute atomic E-state index is 0. The number of pyridine rings is 1. The van der Waals surface area contributed by atoms with Gasteiger partial charge in [0.15, 0.2) is 11.5 Å². The van der Waals surface area contributed by atoms with Gasteiger partial charge in [-0.25, -0.2) is 0 Å². The van der Waals surface area contributed by atoms with E-state index in [1.54, 1.807) is 26.6 Å². The maximum absolute atomic E-state index is 12.1. The van der Waals surface area contributed by atoms with Crippen LogP contribution in [0, 0.1) is 0 Å². The standard InChI is InChI=1S/C20H25N3O3.ClH/c1-25-18-10-16-5-8-23(14-17(16)11-19(18)26-2)9-6-20(24)22-13-15-4-3-7-21-12-15;/h3-4,7,10-12H,5-6,8-9,13-14H2,1-2H3,(H,22,24);1H. The van der Waals surface area contributed by atoms with Crippen molar-refractivity contribution in [2.24, 2.45) is 0 Å². The van der Waals surface area contributed by atoms with Gasteiger partial charge in [0.2, 0.25) is 5.91 Å². The molecule has 0 spiro atoms. The van der Waals surface area contributed by atoms with E-state index in [0.717, 1.165) is 43.1 Å². The van der Waals surface area contributed by atoms with Crippen LogP contribution in [-0.2, 0) is 24.3 Å². The predicted molar refractivity (Wildman–Crippen MR) is 106 cm³/mol. The average molecular weight is 392 g/mol. The average Bonchev–Trinajstić information content (AvgIpc) is 2.70. The van der Waals surface area contributed by atoms with Gasteiger partial charge in [0.05, 0.1) is 14.2 Å². The molecule has 1 aromatic carbocycles.